The molecule has 0 saturated carbocycles. The first-order chi connectivity index (χ1) is 8.35. The molecule has 0 atom stereocenters. The largest absolute Gasteiger partial charge is 0.439 e. The van der Waals surface area contributed by atoms with Gasteiger partial charge in [-0.05, 0) is 12.1 Å². The Balaban J connectivity index is 1.89. The number of hydrogen-bond acceptors (Lipinski definition) is 5. The number of rotatable bonds is 3. The van der Waals surface area contributed by atoms with E-state index in [1.807, 2.05) is 24.3 Å². The van der Waals surface area contributed by atoms with Gasteiger partial charge in [-0.2, -0.15) is 0 Å². The zero-order chi connectivity index (χ0) is 11.7. The van der Waals surface area contributed by atoms with E-state index in [-0.39, 0.29) is 0 Å². The lowest BCUT2D eigenvalue weighted by Crippen LogP contribution is -2.00. The number of nitrogens with two attached hydrogens (primary N) is 1. The SMILES string of the molecule is NCc1cn(Cc2nc3ccccc3o2)nn1. The second kappa shape index (κ2) is 3.99. The van der Waals surface area contributed by atoms with Crippen LogP contribution < -0.4 is 5.73 Å². The quantitative estimate of drug-likeness (QED) is 0.722. The zero-order valence-electron chi connectivity index (χ0n) is 9.08. The normalized spacial score (nSPS) is 11.1. The number of nitrogens with zero attached hydrogens (tertiary/aromatic N) is 4. The lowest BCUT2D eigenvalue weighted by molar-refractivity contribution is 0.485. The predicted molar refractivity (Wildman–Crippen MR) is 61.0 cm³/mol. The highest BCUT2D eigenvalue weighted by molar-refractivity contribution is 5.72. The van der Waals surface area contributed by atoms with E-state index >= 15 is 0 Å². The van der Waals surface area contributed by atoms with Gasteiger partial charge in [-0.1, -0.05) is 17.3 Å². The molecule has 2 aromatic heterocycles. The first kappa shape index (κ1) is 9.98. The molecule has 0 amide bonds. The smallest absolute Gasteiger partial charge is 0.217 e. The minimum atomic E-state index is 0.382. The summed E-state index contributed by atoms with van der Waals surface area (Å²) in [5.74, 6) is 0.611. The summed E-state index contributed by atoms with van der Waals surface area (Å²) in [5, 5.41) is 7.84. The van der Waals surface area contributed by atoms with E-state index in [0.29, 0.717) is 19.0 Å². The Morgan fingerprint density at radius 1 is 1.29 bits per heavy atom. The van der Waals surface area contributed by atoms with E-state index in [9.17, 15) is 0 Å². The Morgan fingerprint density at radius 3 is 2.94 bits per heavy atom. The van der Waals surface area contributed by atoms with E-state index in [2.05, 4.69) is 15.3 Å². The highest BCUT2D eigenvalue weighted by Gasteiger charge is 2.06. The van der Waals surface area contributed by atoms with Crippen LogP contribution in [-0.2, 0) is 13.1 Å². The van der Waals surface area contributed by atoms with Crippen LogP contribution in [0.3, 0.4) is 0 Å². The maximum atomic E-state index is 5.58. The molecule has 0 aliphatic heterocycles. The molecule has 6 nitrogen and oxygen atoms in total. The van der Waals surface area contributed by atoms with E-state index in [1.165, 1.54) is 0 Å². The molecule has 86 valence electrons. The molecule has 0 aliphatic rings. The van der Waals surface area contributed by atoms with Crippen molar-refractivity contribution >= 4 is 11.1 Å². The van der Waals surface area contributed by atoms with Gasteiger partial charge in [0, 0.05) is 6.54 Å². The third-order valence-electron chi connectivity index (χ3n) is 2.43. The van der Waals surface area contributed by atoms with Crippen LogP contribution in [0.15, 0.2) is 34.9 Å². The van der Waals surface area contributed by atoms with Crippen molar-refractivity contribution in [2.24, 2.45) is 5.73 Å². The number of benzene rings is 1. The van der Waals surface area contributed by atoms with Gasteiger partial charge in [0.2, 0.25) is 5.89 Å². The Kier molecular flexibility index (Phi) is 2.34. The second-order valence-corrected chi connectivity index (χ2v) is 3.69. The summed E-state index contributed by atoms with van der Waals surface area (Å²) in [6, 6.07) is 7.64. The van der Waals surface area contributed by atoms with Crippen molar-refractivity contribution in [1.29, 1.82) is 0 Å². The summed E-state index contributed by atoms with van der Waals surface area (Å²) in [6.45, 7) is 0.842. The topological polar surface area (TPSA) is 82.8 Å². The molecule has 0 spiro atoms. The van der Waals surface area contributed by atoms with Crippen LogP contribution in [0.2, 0.25) is 0 Å². The van der Waals surface area contributed by atoms with Crippen LogP contribution in [0.1, 0.15) is 11.6 Å². The molecular weight excluding hydrogens is 218 g/mol. The first-order valence-corrected chi connectivity index (χ1v) is 5.28. The molecule has 3 rings (SSSR count). The van der Waals surface area contributed by atoms with Gasteiger partial charge in [0.1, 0.15) is 12.1 Å². The van der Waals surface area contributed by atoms with Crippen LogP contribution in [0.5, 0.6) is 0 Å². The van der Waals surface area contributed by atoms with Crippen LogP contribution in [-0.4, -0.2) is 20.0 Å². The zero-order valence-corrected chi connectivity index (χ0v) is 9.08. The van der Waals surface area contributed by atoms with Gasteiger partial charge in [-0.15, -0.1) is 5.10 Å². The van der Waals surface area contributed by atoms with Gasteiger partial charge in [0.05, 0.1) is 11.9 Å². The minimum absolute atomic E-state index is 0.382. The summed E-state index contributed by atoms with van der Waals surface area (Å²) in [7, 11) is 0. The summed E-state index contributed by atoms with van der Waals surface area (Å²) >= 11 is 0. The summed E-state index contributed by atoms with van der Waals surface area (Å²) in [4.78, 5) is 4.36. The summed E-state index contributed by atoms with van der Waals surface area (Å²) in [5.41, 5.74) is 7.84. The van der Waals surface area contributed by atoms with Crippen molar-refractivity contribution in [2.75, 3.05) is 0 Å². The molecule has 17 heavy (non-hydrogen) atoms. The lowest BCUT2D eigenvalue weighted by Gasteiger charge is -1.93. The molecule has 2 heterocycles. The Labute approximate surface area is 97.0 Å². The predicted octanol–water partition coefficient (Wildman–Crippen LogP) is 0.926. The molecule has 0 unspecified atom stereocenters. The number of hydrogen-bond donors (Lipinski definition) is 1. The number of aromatic nitrogens is 4. The maximum absolute atomic E-state index is 5.58. The fraction of sp³-hybridized carbons (Fsp3) is 0.182. The van der Waals surface area contributed by atoms with Crippen LogP contribution >= 0.6 is 0 Å². The summed E-state index contributed by atoms with van der Waals surface area (Å²) in [6.07, 6.45) is 1.79. The molecule has 0 fully saturated rings. The highest BCUT2D eigenvalue weighted by Crippen LogP contribution is 2.15. The van der Waals surface area contributed by atoms with Crippen LogP contribution in [0, 0.1) is 0 Å². The summed E-state index contributed by atoms with van der Waals surface area (Å²) < 4.78 is 7.24. The molecule has 0 radical (unpaired) electrons. The monoisotopic (exact) mass is 229 g/mol. The van der Waals surface area contributed by atoms with E-state index in [4.69, 9.17) is 10.2 Å². The molecule has 2 N–H and O–H groups in total. The van der Waals surface area contributed by atoms with E-state index in [1.54, 1.807) is 10.9 Å². The van der Waals surface area contributed by atoms with Gasteiger partial charge >= 0.3 is 0 Å². The standard InChI is InChI=1S/C11H11N5O/c12-5-8-6-16(15-14-8)7-11-13-9-3-1-2-4-10(9)17-11/h1-4,6H,5,7,12H2. The van der Waals surface area contributed by atoms with Gasteiger partial charge in [0.15, 0.2) is 5.58 Å². The van der Waals surface area contributed by atoms with Crippen molar-refractivity contribution in [2.45, 2.75) is 13.1 Å². The van der Waals surface area contributed by atoms with Gasteiger partial charge < -0.3 is 10.2 Å². The van der Waals surface area contributed by atoms with Crippen molar-refractivity contribution in [3.8, 4) is 0 Å². The fourth-order valence-corrected chi connectivity index (χ4v) is 1.64. The van der Waals surface area contributed by atoms with Crippen molar-refractivity contribution in [3.05, 3.63) is 42.0 Å². The van der Waals surface area contributed by atoms with Gasteiger partial charge in [-0.3, -0.25) is 0 Å². The van der Waals surface area contributed by atoms with Gasteiger partial charge in [-0.25, -0.2) is 9.67 Å². The number of para-hydroxylation sites is 2. The Hall–Kier alpha value is -2.21. The Bertz CT molecular complexity index is 609. The molecule has 1 aromatic carbocycles. The first-order valence-electron chi connectivity index (χ1n) is 5.28. The molecule has 0 saturated heterocycles. The fourth-order valence-electron chi connectivity index (χ4n) is 1.64. The van der Waals surface area contributed by atoms with E-state index in [0.717, 1.165) is 16.8 Å². The average molecular weight is 229 g/mol. The third kappa shape index (κ3) is 1.90. The van der Waals surface area contributed by atoms with Crippen molar-refractivity contribution < 1.29 is 4.42 Å². The molecular formula is C11H11N5O. The van der Waals surface area contributed by atoms with E-state index < -0.39 is 0 Å². The molecule has 0 aliphatic carbocycles. The molecule has 0 bridgehead atoms. The molecule has 3 aromatic rings. The maximum Gasteiger partial charge on any atom is 0.217 e. The highest BCUT2D eigenvalue weighted by atomic mass is 16.3. The van der Waals surface area contributed by atoms with Crippen LogP contribution in [0.4, 0.5) is 0 Å². The Morgan fingerprint density at radius 2 is 2.18 bits per heavy atom. The average Bonchev–Trinajstić information content (AvgIpc) is 2.94. The third-order valence-corrected chi connectivity index (χ3v) is 2.43. The lowest BCUT2D eigenvalue weighted by atomic mass is 10.3. The number of oxazole rings is 1. The van der Waals surface area contributed by atoms with Gasteiger partial charge in [0.25, 0.3) is 0 Å². The second-order valence-electron chi connectivity index (χ2n) is 3.69. The van der Waals surface area contributed by atoms with Crippen molar-refractivity contribution in [1.82, 2.24) is 20.0 Å². The van der Waals surface area contributed by atoms with Crippen molar-refractivity contribution in [3.63, 3.8) is 0 Å². The van der Waals surface area contributed by atoms with Crippen LogP contribution in [0.25, 0.3) is 11.1 Å². The number of fused-ring (bicyclic) bond motifs is 1. The minimum Gasteiger partial charge on any atom is -0.439 e. The molecule has 6 heteroatoms.